The molecule has 5 aromatic rings. The molecule has 0 aliphatic carbocycles. The highest BCUT2D eigenvalue weighted by Crippen LogP contribution is 2.33. The highest BCUT2D eigenvalue weighted by Gasteiger charge is 2.22. The summed E-state index contributed by atoms with van der Waals surface area (Å²) >= 11 is 0. The smallest absolute Gasteiger partial charge is 0.256 e. The number of aromatic nitrogens is 3. The van der Waals surface area contributed by atoms with Gasteiger partial charge < -0.3 is 15.5 Å². The molecule has 0 spiro atoms. The number of pyridine rings is 1. The molecule has 0 fully saturated rings. The van der Waals surface area contributed by atoms with E-state index in [2.05, 4.69) is 39.3 Å². The molecule has 46 heavy (non-hydrogen) atoms. The molecule has 2 N–H and O–H groups in total. The van der Waals surface area contributed by atoms with Gasteiger partial charge in [-0.05, 0) is 93.1 Å². The Bertz CT molecular complexity index is 1940. The average molecular weight is 633 g/mol. The third-order valence-corrected chi connectivity index (χ3v) is 7.70. The number of hydrogen-bond donors (Lipinski definition) is 2. The number of para-hydroxylation sites is 1. The Balaban J connectivity index is 1.67. The molecule has 12 heteroatoms. The molecule has 0 saturated carbocycles. The fraction of sp³-hybridized carbons (Fsp3) is 0.235. The van der Waals surface area contributed by atoms with Crippen LogP contribution in [-0.4, -0.2) is 51.5 Å². The SMILES string of the molecule is CCN(CC)CCCNc1nc(-c2cc(C(=O)Nc3ccc(F)cc3)cc(F)c2C)c2ccc(=O)n(-c3c(F)cccc3F)c2n1. The normalized spacial score (nSPS) is 11.3. The van der Waals surface area contributed by atoms with Gasteiger partial charge in [-0.3, -0.25) is 14.2 Å². The van der Waals surface area contributed by atoms with Crippen molar-refractivity contribution >= 4 is 28.6 Å². The van der Waals surface area contributed by atoms with Gasteiger partial charge in [0, 0.05) is 34.8 Å². The molecule has 0 atom stereocenters. The lowest BCUT2D eigenvalue weighted by Crippen LogP contribution is -2.25. The van der Waals surface area contributed by atoms with E-state index in [1.54, 1.807) is 0 Å². The first-order chi connectivity index (χ1) is 22.1. The molecule has 238 valence electrons. The maximum absolute atomic E-state index is 15.4. The van der Waals surface area contributed by atoms with Crippen LogP contribution in [0.1, 0.15) is 36.2 Å². The Morgan fingerprint density at radius 3 is 2.26 bits per heavy atom. The van der Waals surface area contributed by atoms with Crippen molar-refractivity contribution in [3.8, 4) is 16.9 Å². The van der Waals surface area contributed by atoms with Crippen molar-refractivity contribution in [2.45, 2.75) is 27.2 Å². The van der Waals surface area contributed by atoms with Crippen LogP contribution in [0.3, 0.4) is 0 Å². The van der Waals surface area contributed by atoms with Crippen molar-refractivity contribution < 1.29 is 22.4 Å². The highest BCUT2D eigenvalue weighted by atomic mass is 19.1. The molecular weight excluding hydrogens is 600 g/mol. The first kappa shape index (κ1) is 32.3. The number of halogens is 4. The summed E-state index contributed by atoms with van der Waals surface area (Å²) in [6.07, 6.45) is 0.717. The van der Waals surface area contributed by atoms with Crippen LogP contribution >= 0.6 is 0 Å². The summed E-state index contributed by atoms with van der Waals surface area (Å²) in [5, 5.41) is 5.93. The predicted molar refractivity (Wildman–Crippen MR) is 170 cm³/mol. The summed E-state index contributed by atoms with van der Waals surface area (Å²) in [7, 11) is 0. The van der Waals surface area contributed by atoms with E-state index in [1.807, 2.05) is 0 Å². The first-order valence-electron chi connectivity index (χ1n) is 14.8. The number of benzene rings is 3. The first-order valence-corrected chi connectivity index (χ1v) is 14.8. The van der Waals surface area contributed by atoms with Crippen molar-refractivity contribution in [2.75, 3.05) is 36.8 Å². The van der Waals surface area contributed by atoms with E-state index in [9.17, 15) is 14.0 Å². The minimum absolute atomic E-state index is 0.0409. The van der Waals surface area contributed by atoms with E-state index >= 15 is 13.2 Å². The van der Waals surface area contributed by atoms with E-state index in [4.69, 9.17) is 0 Å². The summed E-state index contributed by atoms with van der Waals surface area (Å²) in [4.78, 5) is 37.7. The van der Waals surface area contributed by atoms with Crippen molar-refractivity contribution in [2.24, 2.45) is 0 Å². The van der Waals surface area contributed by atoms with Crippen molar-refractivity contribution in [3.05, 3.63) is 111 Å². The molecule has 1 amide bonds. The largest absolute Gasteiger partial charge is 0.354 e. The number of nitrogens with zero attached hydrogens (tertiary/aromatic N) is 4. The van der Waals surface area contributed by atoms with Crippen LogP contribution < -0.4 is 16.2 Å². The van der Waals surface area contributed by atoms with Gasteiger partial charge in [0.2, 0.25) is 5.95 Å². The van der Waals surface area contributed by atoms with E-state index in [1.165, 1.54) is 49.4 Å². The zero-order chi connectivity index (χ0) is 33.0. The van der Waals surface area contributed by atoms with E-state index in [0.717, 1.165) is 48.5 Å². The maximum atomic E-state index is 15.4. The topological polar surface area (TPSA) is 92.2 Å². The molecule has 0 aliphatic rings. The molecule has 0 unspecified atom stereocenters. The van der Waals surface area contributed by atoms with Crippen LogP contribution in [0.2, 0.25) is 0 Å². The van der Waals surface area contributed by atoms with Gasteiger partial charge in [-0.25, -0.2) is 22.5 Å². The van der Waals surface area contributed by atoms with Gasteiger partial charge in [0.1, 0.15) is 29.0 Å². The predicted octanol–water partition coefficient (Wildman–Crippen LogP) is 6.71. The minimum Gasteiger partial charge on any atom is -0.354 e. The molecule has 0 bridgehead atoms. The molecule has 8 nitrogen and oxygen atoms in total. The van der Waals surface area contributed by atoms with Crippen molar-refractivity contribution in [1.82, 2.24) is 19.4 Å². The lowest BCUT2D eigenvalue weighted by molar-refractivity contribution is 0.102. The summed E-state index contributed by atoms with van der Waals surface area (Å²) in [6.45, 7) is 8.61. The van der Waals surface area contributed by atoms with Gasteiger partial charge >= 0.3 is 0 Å². The summed E-state index contributed by atoms with van der Waals surface area (Å²) in [5.74, 6) is -3.78. The van der Waals surface area contributed by atoms with Gasteiger partial charge in [0.15, 0.2) is 5.65 Å². The van der Waals surface area contributed by atoms with Gasteiger partial charge in [-0.1, -0.05) is 19.9 Å². The van der Waals surface area contributed by atoms with Crippen LogP contribution in [0.25, 0.3) is 28.0 Å². The maximum Gasteiger partial charge on any atom is 0.256 e. The summed E-state index contributed by atoms with van der Waals surface area (Å²) in [5.41, 5.74) is -0.773. The van der Waals surface area contributed by atoms with Gasteiger partial charge in [-0.15, -0.1) is 0 Å². The fourth-order valence-electron chi connectivity index (χ4n) is 5.15. The van der Waals surface area contributed by atoms with Gasteiger partial charge in [-0.2, -0.15) is 4.98 Å². The Hall–Kier alpha value is -5.10. The lowest BCUT2D eigenvalue weighted by Gasteiger charge is -2.19. The number of fused-ring (bicyclic) bond motifs is 1. The number of carbonyl (C=O) groups excluding carboxylic acids is 1. The summed E-state index contributed by atoms with van der Waals surface area (Å²) in [6, 6.07) is 13.4. The number of carbonyl (C=O) groups is 1. The Kier molecular flexibility index (Phi) is 9.76. The average Bonchev–Trinajstić information content (AvgIpc) is 3.04. The number of rotatable bonds is 11. The van der Waals surface area contributed by atoms with Crippen LogP contribution in [0.4, 0.5) is 29.2 Å². The zero-order valence-electron chi connectivity index (χ0n) is 25.5. The molecule has 3 aromatic carbocycles. The molecular formula is C34H32F4N6O2. The van der Waals surface area contributed by atoms with Crippen LogP contribution in [0.5, 0.6) is 0 Å². The van der Waals surface area contributed by atoms with Crippen LogP contribution in [0.15, 0.2) is 71.5 Å². The highest BCUT2D eigenvalue weighted by molar-refractivity contribution is 6.05. The quantitative estimate of drug-likeness (QED) is 0.124. The Morgan fingerprint density at radius 2 is 1.59 bits per heavy atom. The second-order valence-electron chi connectivity index (χ2n) is 10.6. The van der Waals surface area contributed by atoms with Gasteiger partial charge in [0.05, 0.1) is 5.69 Å². The van der Waals surface area contributed by atoms with E-state index < -0.39 is 40.4 Å². The minimum atomic E-state index is -0.981. The Labute approximate surface area is 262 Å². The van der Waals surface area contributed by atoms with Crippen molar-refractivity contribution in [1.29, 1.82) is 0 Å². The second kappa shape index (κ2) is 13.9. The lowest BCUT2D eigenvalue weighted by atomic mass is 9.98. The van der Waals surface area contributed by atoms with E-state index in [0.29, 0.717) is 18.7 Å². The second-order valence-corrected chi connectivity index (χ2v) is 10.6. The summed E-state index contributed by atoms with van der Waals surface area (Å²) < 4.78 is 59.7. The number of amides is 1. The molecule has 5 rings (SSSR count). The number of hydrogen-bond acceptors (Lipinski definition) is 6. The monoisotopic (exact) mass is 632 g/mol. The number of anilines is 2. The Morgan fingerprint density at radius 1 is 0.891 bits per heavy atom. The molecule has 0 aliphatic heterocycles. The fourth-order valence-corrected chi connectivity index (χ4v) is 5.15. The standard InChI is InChI=1S/C34H32F4N6O2/c1-4-43(5-2)17-7-16-39-34-41-30(24-14-15-29(45)44(32(24)42-34)31-26(36)8-6-9-27(31)37)25-18-21(19-28(38)20(25)3)33(46)40-23-12-10-22(35)11-13-23/h6,8-15,18-19H,4-5,7,16-17H2,1-3H3,(H,40,46)(H,39,41,42). The molecule has 0 saturated heterocycles. The van der Waals surface area contributed by atoms with Crippen molar-refractivity contribution in [3.63, 3.8) is 0 Å². The van der Waals surface area contributed by atoms with Gasteiger partial charge in [0.25, 0.3) is 11.5 Å². The van der Waals surface area contributed by atoms with E-state index in [-0.39, 0.29) is 39.4 Å². The molecule has 2 aromatic heterocycles. The number of nitrogens with one attached hydrogen (secondary N) is 2. The van der Waals surface area contributed by atoms with Crippen LogP contribution in [-0.2, 0) is 0 Å². The third kappa shape index (κ3) is 6.76. The zero-order valence-corrected chi connectivity index (χ0v) is 25.5. The molecule has 2 heterocycles. The third-order valence-electron chi connectivity index (χ3n) is 7.70. The van der Waals surface area contributed by atoms with Crippen LogP contribution in [0, 0.1) is 30.2 Å². The molecule has 0 radical (unpaired) electrons.